The first kappa shape index (κ1) is 10.6. The van der Waals surface area contributed by atoms with Crippen LogP contribution in [0.4, 0.5) is 0 Å². The smallest absolute Gasteiger partial charge is 0.0158 e. The lowest BCUT2D eigenvalue weighted by molar-refractivity contribution is 0.582. The number of hydrogen-bond donors (Lipinski definition) is 2. The van der Waals surface area contributed by atoms with Crippen molar-refractivity contribution in [2.45, 2.75) is 27.2 Å². The minimum Gasteiger partial charge on any atom is -0.319 e. The van der Waals surface area contributed by atoms with Gasteiger partial charge in [0.1, 0.15) is 0 Å². The topological polar surface area (TPSA) is 35.9 Å². The molecule has 2 N–H and O–H groups in total. The van der Waals surface area contributed by atoms with Crippen LogP contribution < -0.4 is 5.32 Å². The Morgan fingerprint density at radius 2 is 2.00 bits per heavy atom. The Kier molecular flexibility index (Phi) is 5.12. The lowest BCUT2D eigenvalue weighted by Gasteiger charge is -2.18. The van der Waals surface area contributed by atoms with Crippen LogP contribution in [0.15, 0.2) is 0 Å². The van der Waals surface area contributed by atoms with Crippen molar-refractivity contribution in [2.24, 2.45) is 11.8 Å². The second kappa shape index (κ2) is 5.30. The van der Waals surface area contributed by atoms with E-state index < -0.39 is 0 Å². The van der Waals surface area contributed by atoms with Crippen molar-refractivity contribution in [3.63, 3.8) is 0 Å². The molecule has 0 spiro atoms. The predicted molar refractivity (Wildman–Crippen MR) is 50.3 cm³/mol. The summed E-state index contributed by atoms with van der Waals surface area (Å²) in [6.45, 7) is 7.24. The van der Waals surface area contributed by atoms with Gasteiger partial charge in [-0.3, -0.25) is 0 Å². The van der Waals surface area contributed by atoms with Gasteiger partial charge >= 0.3 is 0 Å². The van der Waals surface area contributed by atoms with E-state index in [1.165, 1.54) is 0 Å². The van der Waals surface area contributed by atoms with Gasteiger partial charge in [0, 0.05) is 18.2 Å². The average Bonchev–Trinajstić information content (AvgIpc) is 1.98. The average molecular weight is 156 g/mol. The monoisotopic (exact) mass is 156 g/mol. The fourth-order valence-electron chi connectivity index (χ4n) is 1.19. The third-order valence-corrected chi connectivity index (χ3v) is 2.01. The first-order chi connectivity index (χ1) is 5.13. The molecule has 2 nitrogen and oxygen atoms in total. The molecule has 11 heavy (non-hydrogen) atoms. The van der Waals surface area contributed by atoms with Crippen LogP contribution >= 0.6 is 0 Å². The molecule has 0 heterocycles. The number of nitrogens with one attached hydrogen (secondary N) is 2. The van der Waals surface area contributed by atoms with E-state index in [0.29, 0.717) is 11.8 Å². The highest BCUT2D eigenvalue weighted by atomic mass is 14.8. The van der Waals surface area contributed by atoms with Crippen molar-refractivity contribution in [3.8, 4) is 0 Å². The zero-order chi connectivity index (χ0) is 8.85. The zero-order valence-corrected chi connectivity index (χ0v) is 8.07. The van der Waals surface area contributed by atoms with Gasteiger partial charge in [-0.15, -0.1) is 0 Å². The summed E-state index contributed by atoms with van der Waals surface area (Å²) in [7, 11) is 1.94. The Morgan fingerprint density at radius 3 is 2.27 bits per heavy atom. The highest BCUT2D eigenvalue weighted by molar-refractivity contribution is 5.85. The molecular weight excluding hydrogens is 136 g/mol. The van der Waals surface area contributed by atoms with E-state index in [4.69, 9.17) is 5.41 Å². The summed E-state index contributed by atoms with van der Waals surface area (Å²) in [5, 5.41) is 10.9. The third-order valence-electron chi connectivity index (χ3n) is 2.01. The van der Waals surface area contributed by atoms with Crippen molar-refractivity contribution in [2.75, 3.05) is 13.6 Å². The molecule has 0 radical (unpaired) electrons. The molecule has 0 aromatic heterocycles. The maximum absolute atomic E-state index is 7.76. The summed E-state index contributed by atoms with van der Waals surface area (Å²) in [5.41, 5.74) is 0.877. The molecule has 0 aliphatic heterocycles. The summed E-state index contributed by atoms with van der Waals surface area (Å²) in [5.74, 6) is 0.827. The van der Waals surface area contributed by atoms with Gasteiger partial charge in [-0.05, 0) is 19.4 Å². The molecule has 0 aromatic carbocycles. The van der Waals surface area contributed by atoms with E-state index in [0.717, 1.165) is 18.7 Å². The van der Waals surface area contributed by atoms with Crippen LogP contribution in [0.25, 0.3) is 0 Å². The van der Waals surface area contributed by atoms with Crippen molar-refractivity contribution in [3.05, 3.63) is 0 Å². The molecule has 1 unspecified atom stereocenters. The number of rotatable bonds is 5. The highest BCUT2D eigenvalue weighted by Gasteiger charge is 2.13. The Balaban J connectivity index is 3.92. The first-order valence-corrected chi connectivity index (χ1v) is 4.36. The lowest BCUT2D eigenvalue weighted by Crippen LogP contribution is -2.28. The summed E-state index contributed by atoms with van der Waals surface area (Å²) in [4.78, 5) is 0. The second-order valence-electron chi connectivity index (χ2n) is 3.27. The predicted octanol–water partition coefficient (Wildman–Crippen LogP) is 1.91. The molecule has 1 atom stereocenters. The van der Waals surface area contributed by atoms with Crippen LogP contribution in [0.5, 0.6) is 0 Å². The van der Waals surface area contributed by atoms with Crippen LogP contribution in [0.3, 0.4) is 0 Å². The maximum atomic E-state index is 7.76. The van der Waals surface area contributed by atoms with Gasteiger partial charge in [0.05, 0.1) is 0 Å². The molecule has 66 valence electrons. The molecular formula is C9H20N2. The third kappa shape index (κ3) is 3.51. The highest BCUT2D eigenvalue weighted by Crippen LogP contribution is 2.09. The maximum Gasteiger partial charge on any atom is 0.0158 e. The Morgan fingerprint density at radius 1 is 1.45 bits per heavy atom. The normalized spacial score (nSPS) is 13.5. The van der Waals surface area contributed by atoms with Crippen LogP contribution in [0.1, 0.15) is 27.2 Å². The van der Waals surface area contributed by atoms with Gasteiger partial charge in [-0.1, -0.05) is 20.8 Å². The minimum absolute atomic E-state index is 0.397. The lowest BCUT2D eigenvalue weighted by atomic mass is 9.92. The van der Waals surface area contributed by atoms with Gasteiger partial charge < -0.3 is 10.7 Å². The van der Waals surface area contributed by atoms with Crippen molar-refractivity contribution in [1.82, 2.24) is 5.32 Å². The van der Waals surface area contributed by atoms with Crippen molar-refractivity contribution < 1.29 is 0 Å². The van der Waals surface area contributed by atoms with Gasteiger partial charge in [0.2, 0.25) is 0 Å². The van der Waals surface area contributed by atoms with Gasteiger partial charge in [-0.2, -0.15) is 0 Å². The van der Waals surface area contributed by atoms with Crippen LogP contribution in [-0.4, -0.2) is 19.3 Å². The Hall–Kier alpha value is -0.370. The second-order valence-corrected chi connectivity index (χ2v) is 3.27. The summed E-state index contributed by atoms with van der Waals surface area (Å²) < 4.78 is 0. The minimum atomic E-state index is 0.397. The zero-order valence-electron chi connectivity index (χ0n) is 8.07. The molecule has 0 rings (SSSR count). The number of hydrogen-bond acceptors (Lipinski definition) is 2. The van der Waals surface area contributed by atoms with Gasteiger partial charge in [-0.25, -0.2) is 0 Å². The quantitative estimate of drug-likeness (QED) is 0.586. The first-order valence-electron chi connectivity index (χ1n) is 4.36. The standard InChI is InChI=1S/C9H20N2/c1-5-8(6-11-4)9(10)7(2)3/h7-8,10-11H,5-6H2,1-4H3. The largest absolute Gasteiger partial charge is 0.319 e. The van der Waals surface area contributed by atoms with Crippen LogP contribution in [-0.2, 0) is 0 Å². The molecule has 0 amide bonds. The van der Waals surface area contributed by atoms with E-state index >= 15 is 0 Å². The molecule has 0 saturated carbocycles. The summed E-state index contributed by atoms with van der Waals surface area (Å²) in [6, 6.07) is 0. The van der Waals surface area contributed by atoms with E-state index in [1.807, 2.05) is 7.05 Å². The summed E-state index contributed by atoms with van der Waals surface area (Å²) >= 11 is 0. The fraction of sp³-hybridized carbons (Fsp3) is 0.889. The van der Waals surface area contributed by atoms with E-state index in [1.54, 1.807) is 0 Å². The molecule has 0 fully saturated rings. The van der Waals surface area contributed by atoms with E-state index in [2.05, 4.69) is 26.1 Å². The van der Waals surface area contributed by atoms with Crippen molar-refractivity contribution >= 4 is 5.71 Å². The molecule has 0 aromatic rings. The SMILES string of the molecule is CCC(CNC)C(=N)C(C)C. The van der Waals surface area contributed by atoms with Crippen LogP contribution in [0.2, 0.25) is 0 Å². The van der Waals surface area contributed by atoms with Crippen LogP contribution in [0, 0.1) is 17.2 Å². The molecule has 0 aliphatic carbocycles. The van der Waals surface area contributed by atoms with E-state index in [-0.39, 0.29) is 0 Å². The molecule has 0 saturated heterocycles. The fourth-order valence-corrected chi connectivity index (χ4v) is 1.19. The Bertz CT molecular complexity index is 119. The van der Waals surface area contributed by atoms with Gasteiger partial charge in [0.25, 0.3) is 0 Å². The summed E-state index contributed by atoms with van der Waals surface area (Å²) in [6.07, 6.45) is 1.07. The van der Waals surface area contributed by atoms with E-state index in [9.17, 15) is 0 Å². The molecule has 0 bridgehead atoms. The van der Waals surface area contributed by atoms with Gasteiger partial charge in [0.15, 0.2) is 0 Å². The van der Waals surface area contributed by atoms with Crippen molar-refractivity contribution in [1.29, 1.82) is 5.41 Å². The molecule has 0 aliphatic rings. The Labute approximate surface area is 69.9 Å². The molecule has 2 heteroatoms.